The maximum atomic E-state index is 12.8. The second-order valence-electron chi connectivity index (χ2n) is 5.29. The number of hydrogen-bond acceptors (Lipinski definition) is 5. The van der Waals surface area contributed by atoms with E-state index in [1.165, 1.54) is 55.5 Å². The molecule has 0 saturated carbocycles. The van der Waals surface area contributed by atoms with Crippen LogP contribution in [0.15, 0.2) is 53.6 Å². The minimum absolute atomic E-state index is 0.117. The first-order chi connectivity index (χ1) is 12.4. The van der Waals surface area contributed by atoms with E-state index in [4.69, 9.17) is 0 Å². The number of halogens is 1. The molecule has 2 rings (SSSR count). The van der Waals surface area contributed by atoms with Crippen molar-refractivity contribution in [2.45, 2.75) is 13.3 Å². The summed E-state index contributed by atoms with van der Waals surface area (Å²) in [5, 5.41) is 17.2. The zero-order valence-corrected chi connectivity index (χ0v) is 13.7. The molecule has 2 aromatic carbocycles. The molecule has 2 amide bonds. The number of nitrogens with one attached hydrogen (secondary N) is 2. The van der Waals surface area contributed by atoms with Gasteiger partial charge in [-0.3, -0.25) is 19.7 Å². The Morgan fingerprint density at radius 3 is 2.46 bits per heavy atom. The van der Waals surface area contributed by atoms with Gasteiger partial charge < -0.3 is 5.32 Å². The molecule has 2 aromatic rings. The fourth-order valence-corrected chi connectivity index (χ4v) is 2.04. The number of amides is 2. The molecular formula is C17H15FN4O4. The van der Waals surface area contributed by atoms with E-state index >= 15 is 0 Å². The molecule has 0 heterocycles. The molecule has 9 heteroatoms. The van der Waals surface area contributed by atoms with Crippen LogP contribution in [0.2, 0.25) is 0 Å². The molecule has 0 saturated heterocycles. The average molecular weight is 358 g/mol. The van der Waals surface area contributed by atoms with Crippen molar-refractivity contribution in [3.05, 3.63) is 70.0 Å². The molecule has 0 aliphatic carbocycles. The Kier molecular flexibility index (Phi) is 6.10. The van der Waals surface area contributed by atoms with E-state index in [0.717, 1.165) is 0 Å². The number of nitro benzene ring substituents is 1. The highest BCUT2D eigenvalue weighted by Gasteiger charge is 2.18. The molecule has 0 aromatic heterocycles. The third-order valence-electron chi connectivity index (χ3n) is 3.24. The van der Waals surface area contributed by atoms with Crippen LogP contribution < -0.4 is 10.7 Å². The minimum atomic E-state index is -0.754. The van der Waals surface area contributed by atoms with E-state index in [9.17, 15) is 24.1 Å². The summed E-state index contributed by atoms with van der Waals surface area (Å²) in [7, 11) is 0. The number of benzene rings is 2. The summed E-state index contributed by atoms with van der Waals surface area (Å²) in [6.07, 6.45) is -0.117. The third-order valence-corrected chi connectivity index (χ3v) is 3.24. The van der Waals surface area contributed by atoms with Gasteiger partial charge in [-0.2, -0.15) is 5.10 Å². The van der Waals surface area contributed by atoms with Crippen LogP contribution in [0.25, 0.3) is 0 Å². The summed E-state index contributed by atoms with van der Waals surface area (Å²) >= 11 is 0. The van der Waals surface area contributed by atoms with E-state index in [1.54, 1.807) is 0 Å². The molecule has 0 unspecified atom stereocenters. The number of para-hydroxylation sites is 1. The Balaban J connectivity index is 1.95. The van der Waals surface area contributed by atoms with E-state index in [2.05, 4.69) is 15.8 Å². The molecule has 0 atom stereocenters. The van der Waals surface area contributed by atoms with Crippen molar-refractivity contribution in [3.8, 4) is 0 Å². The number of nitrogens with zero attached hydrogens (tertiary/aromatic N) is 2. The second kappa shape index (κ2) is 8.47. The van der Waals surface area contributed by atoms with Crippen molar-refractivity contribution in [3.63, 3.8) is 0 Å². The largest absolute Gasteiger partial charge is 0.326 e. The number of nitro groups is 1. The third kappa shape index (κ3) is 5.20. The quantitative estimate of drug-likeness (QED) is 0.469. The zero-order valence-electron chi connectivity index (χ0n) is 13.7. The van der Waals surface area contributed by atoms with E-state index in [1.807, 2.05) is 0 Å². The summed E-state index contributed by atoms with van der Waals surface area (Å²) in [6.45, 7) is 1.52. The molecule has 0 aliphatic rings. The molecular weight excluding hydrogens is 343 g/mol. The summed E-state index contributed by atoms with van der Waals surface area (Å²) in [5.41, 5.74) is 2.42. The average Bonchev–Trinajstić information content (AvgIpc) is 2.61. The fourth-order valence-electron chi connectivity index (χ4n) is 2.04. The van der Waals surface area contributed by atoms with Gasteiger partial charge in [0.1, 0.15) is 11.4 Å². The Morgan fingerprint density at radius 1 is 1.15 bits per heavy atom. The van der Waals surface area contributed by atoms with Crippen LogP contribution in [0.5, 0.6) is 0 Å². The molecule has 26 heavy (non-hydrogen) atoms. The molecule has 8 nitrogen and oxygen atoms in total. The number of hydrazone groups is 1. The summed E-state index contributed by atoms with van der Waals surface area (Å²) in [6, 6.07) is 10.7. The lowest BCUT2D eigenvalue weighted by Crippen LogP contribution is -2.22. The monoisotopic (exact) mass is 358 g/mol. The van der Waals surface area contributed by atoms with Gasteiger partial charge in [-0.1, -0.05) is 12.1 Å². The predicted octanol–water partition coefficient (Wildman–Crippen LogP) is 2.87. The standard InChI is InChI=1S/C17H15FN4O4/c1-11(10-16(23)19-13-8-6-12(18)7-9-13)20-21-17(24)14-4-2-3-5-15(14)22(25)26/h2-9H,10H2,1H3,(H,19,23)(H,21,24). The van der Waals surface area contributed by atoms with Gasteiger partial charge in [0, 0.05) is 17.5 Å². The van der Waals surface area contributed by atoms with E-state index in [-0.39, 0.29) is 23.4 Å². The van der Waals surface area contributed by atoms with Crippen molar-refractivity contribution in [1.82, 2.24) is 5.43 Å². The summed E-state index contributed by atoms with van der Waals surface area (Å²) < 4.78 is 12.8. The second-order valence-corrected chi connectivity index (χ2v) is 5.29. The number of anilines is 1. The Bertz CT molecular complexity index is 865. The first kappa shape index (κ1) is 18.7. The van der Waals surface area contributed by atoms with Crippen LogP contribution in [-0.4, -0.2) is 22.4 Å². The van der Waals surface area contributed by atoms with Crippen LogP contribution in [0.3, 0.4) is 0 Å². The lowest BCUT2D eigenvalue weighted by molar-refractivity contribution is -0.385. The maximum Gasteiger partial charge on any atom is 0.282 e. The van der Waals surface area contributed by atoms with Gasteiger partial charge in [0.15, 0.2) is 0 Å². The molecule has 2 N–H and O–H groups in total. The molecule has 0 radical (unpaired) electrons. The van der Waals surface area contributed by atoms with Gasteiger partial charge in [0.05, 0.1) is 11.3 Å². The van der Waals surface area contributed by atoms with Crippen LogP contribution in [0.1, 0.15) is 23.7 Å². The molecule has 0 aliphatic heterocycles. The predicted molar refractivity (Wildman–Crippen MR) is 93.3 cm³/mol. The van der Waals surface area contributed by atoms with Crippen LogP contribution >= 0.6 is 0 Å². The van der Waals surface area contributed by atoms with Crippen LogP contribution in [-0.2, 0) is 4.79 Å². The number of carbonyl (C=O) groups is 2. The van der Waals surface area contributed by atoms with Crippen LogP contribution in [0, 0.1) is 15.9 Å². The normalized spacial score (nSPS) is 10.9. The Hall–Kier alpha value is -3.62. The summed E-state index contributed by atoms with van der Waals surface area (Å²) in [5.74, 6) is -1.58. The fraction of sp³-hybridized carbons (Fsp3) is 0.118. The maximum absolute atomic E-state index is 12.8. The first-order valence-corrected chi connectivity index (χ1v) is 7.49. The van der Waals surface area contributed by atoms with Crippen molar-refractivity contribution in [2.75, 3.05) is 5.32 Å². The van der Waals surface area contributed by atoms with Crippen molar-refractivity contribution >= 4 is 28.9 Å². The van der Waals surface area contributed by atoms with Gasteiger partial charge in [-0.25, -0.2) is 9.82 Å². The molecule has 0 spiro atoms. The zero-order chi connectivity index (χ0) is 19.1. The van der Waals surface area contributed by atoms with Gasteiger partial charge >= 0.3 is 0 Å². The van der Waals surface area contributed by atoms with Gasteiger partial charge in [-0.05, 0) is 37.3 Å². The number of carbonyl (C=O) groups excluding carboxylic acids is 2. The van der Waals surface area contributed by atoms with E-state index in [0.29, 0.717) is 5.69 Å². The van der Waals surface area contributed by atoms with E-state index < -0.39 is 22.6 Å². The van der Waals surface area contributed by atoms with Crippen molar-refractivity contribution < 1.29 is 18.9 Å². The number of hydrogen-bond donors (Lipinski definition) is 2. The smallest absolute Gasteiger partial charge is 0.282 e. The van der Waals surface area contributed by atoms with Crippen molar-refractivity contribution in [1.29, 1.82) is 0 Å². The minimum Gasteiger partial charge on any atom is -0.326 e. The van der Waals surface area contributed by atoms with Gasteiger partial charge in [0.2, 0.25) is 5.91 Å². The molecule has 0 bridgehead atoms. The first-order valence-electron chi connectivity index (χ1n) is 7.49. The Morgan fingerprint density at radius 2 is 1.81 bits per heavy atom. The number of rotatable bonds is 6. The Labute approximate surface area is 147 Å². The lowest BCUT2D eigenvalue weighted by atomic mass is 10.2. The van der Waals surface area contributed by atoms with Gasteiger partial charge in [-0.15, -0.1) is 0 Å². The van der Waals surface area contributed by atoms with Crippen LogP contribution in [0.4, 0.5) is 15.8 Å². The highest BCUT2D eigenvalue weighted by molar-refractivity contribution is 6.06. The SMILES string of the molecule is CC(CC(=O)Nc1ccc(F)cc1)=NNC(=O)c1ccccc1[N+](=O)[O-]. The lowest BCUT2D eigenvalue weighted by Gasteiger charge is -2.06. The van der Waals surface area contributed by atoms with Crippen molar-refractivity contribution in [2.24, 2.45) is 5.10 Å². The highest BCUT2D eigenvalue weighted by Crippen LogP contribution is 2.17. The summed E-state index contributed by atoms with van der Waals surface area (Å²) in [4.78, 5) is 34.2. The van der Waals surface area contributed by atoms with Gasteiger partial charge in [0.25, 0.3) is 11.6 Å². The highest BCUT2D eigenvalue weighted by atomic mass is 19.1. The topological polar surface area (TPSA) is 114 Å². The molecule has 134 valence electrons. The molecule has 0 fully saturated rings.